The first-order chi connectivity index (χ1) is 7.17. The van der Waals surface area contributed by atoms with Gasteiger partial charge >= 0.3 is 0 Å². The summed E-state index contributed by atoms with van der Waals surface area (Å²) in [5, 5.41) is 5.07. The van der Waals surface area contributed by atoms with E-state index in [1.807, 2.05) is 7.05 Å². The van der Waals surface area contributed by atoms with Crippen LogP contribution in [-0.2, 0) is 4.79 Å². The lowest BCUT2D eigenvalue weighted by Crippen LogP contribution is -2.82. The summed E-state index contributed by atoms with van der Waals surface area (Å²) in [5.74, 6) is 0.516. The van der Waals surface area contributed by atoms with Crippen LogP contribution >= 0.6 is 11.6 Å². The molecule has 0 radical (unpaired) electrons. The van der Waals surface area contributed by atoms with Crippen molar-refractivity contribution in [1.82, 2.24) is 0 Å². The summed E-state index contributed by atoms with van der Waals surface area (Å²) in [4.78, 5) is 11.4. The monoisotopic (exact) mass is 229 g/mol. The number of benzene rings is 1. The number of hydrogen-bond acceptors (Lipinski definition) is 2. The summed E-state index contributed by atoms with van der Waals surface area (Å²) in [6.45, 7) is 0.371. The first-order valence-electron chi connectivity index (χ1n) is 4.58. The van der Waals surface area contributed by atoms with E-state index in [0.29, 0.717) is 23.0 Å². The maximum atomic E-state index is 11.4. The second-order valence-corrected chi connectivity index (χ2v) is 3.44. The molecule has 1 aromatic carbocycles. The molecular weight excluding hydrogens is 216 g/mol. The van der Waals surface area contributed by atoms with Crippen LogP contribution in [0.3, 0.4) is 0 Å². The lowest BCUT2D eigenvalue weighted by Gasteiger charge is -2.09. The number of carbonyl (C=O) groups excluding carboxylic acids is 1. The lowest BCUT2D eigenvalue weighted by molar-refractivity contribution is -0.615. The van der Waals surface area contributed by atoms with Crippen molar-refractivity contribution in [1.29, 1.82) is 0 Å². The Labute approximate surface area is 93.6 Å². The molecule has 0 spiro atoms. The number of nitrogens with two attached hydrogens (primary N) is 1. The van der Waals surface area contributed by atoms with Crippen LogP contribution in [0.1, 0.15) is 0 Å². The van der Waals surface area contributed by atoms with Crippen molar-refractivity contribution in [3.63, 3.8) is 0 Å². The molecule has 3 N–H and O–H groups in total. The van der Waals surface area contributed by atoms with E-state index in [2.05, 4.69) is 5.32 Å². The Balaban J connectivity index is 2.82. The maximum absolute atomic E-state index is 11.4. The molecule has 0 aromatic heterocycles. The largest absolute Gasteiger partial charge is 0.495 e. The predicted molar refractivity (Wildman–Crippen MR) is 59.4 cm³/mol. The Morgan fingerprint density at radius 3 is 2.93 bits per heavy atom. The average Bonchev–Trinajstić information content (AvgIpc) is 2.18. The minimum absolute atomic E-state index is 0.0851. The van der Waals surface area contributed by atoms with E-state index in [1.165, 1.54) is 0 Å². The Morgan fingerprint density at radius 2 is 2.33 bits per heavy atom. The molecule has 0 saturated carbocycles. The summed E-state index contributed by atoms with van der Waals surface area (Å²) in [5.41, 5.74) is 0.594. The van der Waals surface area contributed by atoms with Gasteiger partial charge in [-0.05, 0) is 18.2 Å². The van der Waals surface area contributed by atoms with Crippen LogP contribution in [0.25, 0.3) is 0 Å². The Hall–Kier alpha value is -1.26. The van der Waals surface area contributed by atoms with Gasteiger partial charge in [0.1, 0.15) is 5.75 Å². The van der Waals surface area contributed by atoms with E-state index in [0.717, 1.165) is 0 Å². The summed E-state index contributed by atoms with van der Waals surface area (Å²) < 4.78 is 5.10. The molecule has 0 aliphatic rings. The van der Waals surface area contributed by atoms with Gasteiger partial charge in [0.15, 0.2) is 6.54 Å². The summed E-state index contributed by atoms with van der Waals surface area (Å²) in [7, 11) is 3.37. The lowest BCUT2D eigenvalue weighted by atomic mass is 10.3. The molecule has 0 unspecified atom stereocenters. The van der Waals surface area contributed by atoms with Crippen LogP contribution in [0.15, 0.2) is 18.2 Å². The third kappa shape index (κ3) is 3.42. The van der Waals surface area contributed by atoms with Crippen LogP contribution in [0, 0.1) is 0 Å². The normalized spacial score (nSPS) is 9.80. The van der Waals surface area contributed by atoms with Crippen LogP contribution < -0.4 is 15.4 Å². The predicted octanol–water partition coefficient (Wildman–Crippen LogP) is 0.480. The van der Waals surface area contributed by atoms with Crippen LogP contribution in [0.2, 0.25) is 5.02 Å². The van der Waals surface area contributed by atoms with Gasteiger partial charge in [0.2, 0.25) is 0 Å². The van der Waals surface area contributed by atoms with Gasteiger partial charge in [0.05, 0.1) is 19.8 Å². The standard InChI is InChI=1S/C10H13ClN2O2/c1-12-6-10(14)13-8-5-7(11)3-4-9(8)15-2/h3-5,12H,6H2,1-2H3,(H,13,14)/p+1. The number of quaternary nitrogens is 1. The molecule has 5 heteroatoms. The molecule has 0 bridgehead atoms. The van der Waals surface area contributed by atoms with Crippen molar-refractivity contribution in [2.45, 2.75) is 0 Å². The zero-order valence-corrected chi connectivity index (χ0v) is 9.47. The van der Waals surface area contributed by atoms with Crippen molar-refractivity contribution in [3.05, 3.63) is 23.2 Å². The van der Waals surface area contributed by atoms with Crippen LogP contribution in [0.5, 0.6) is 5.75 Å². The quantitative estimate of drug-likeness (QED) is 0.789. The topological polar surface area (TPSA) is 54.9 Å². The van der Waals surface area contributed by atoms with Gasteiger partial charge in [-0.2, -0.15) is 0 Å². The van der Waals surface area contributed by atoms with Gasteiger partial charge in [-0.1, -0.05) is 11.6 Å². The fourth-order valence-electron chi connectivity index (χ4n) is 1.16. The van der Waals surface area contributed by atoms with Gasteiger partial charge in [-0.25, -0.2) is 0 Å². The minimum Gasteiger partial charge on any atom is -0.495 e. The van der Waals surface area contributed by atoms with Gasteiger partial charge in [0, 0.05) is 5.02 Å². The highest BCUT2D eigenvalue weighted by Gasteiger charge is 2.08. The molecule has 0 aliphatic heterocycles. The molecule has 82 valence electrons. The van der Waals surface area contributed by atoms with Crippen molar-refractivity contribution in [2.24, 2.45) is 0 Å². The summed E-state index contributed by atoms with van der Waals surface area (Å²) >= 11 is 5.82. The van der Waals surface area contributed by atoms with E-state index in [1.54, 1.807) is 30.6 Å². The molecular formula is C10H14ClN2O2+. The molecule has 1 aromatic rings. The smallest absolute Gasteiger partial charge is 0.279 e. The number of nitrogens with one attached hydrogen (secondary N) is 1. The second kappa shape index (κ2) is 5.58. The zero-order chi connectivity index (χ0) is 11.3. The van der Waals surface area contributed by atoms with E-state index in [-0.39, 0.29) is 5.91 Å². The van der Waals surface area contributed by atoms with E-state index < -0.39 is 0 Å². The average molecular weight is 230 g/mol. The van der Waals surface area contributed by atoms with Gasteiger partial charge in [-0.3, -0.25) is 4.79 Å². The maximum Gasteiger partial charge on any atom is 0.279 e. The number of methoxy groups -OCH3 is 1. The number of hydrogen-bond donors (Lipinski definition) is 2. The third-order valence-electron chi connectivity index (χ3n) is 1.83. The third-order valence-corrected chi connectivity index (χ3v) is 2.06. The minimum atomic E-state index is -0.0851. The Kier molecular flexibility index (Phi) is 4.39. The summed E-state index contributed by atoms with van der Waals surface area (Å²) in [6.07, 6.45) is 0. The zero-order valence-electron chi connectivity index (χ0n) is 8.71. The molecule has 0 saturated heterocycles. The number of halogens is 1. The second-order valence-electron chi connectivity index (χ2n) is 3.01. The molecule has 0 fully saturated rings. The molecule has 0 heterocycles. The van der Waals surface area contributed by atoms with Crippen LogP contribution in [0.4, 0.5) is 5.69 Å². The Bertz CT molecular complexity index is 355. The van der Waals surface area contributed by atoms with Gasteiger partial charge in [-0.15, -0.1) is 0 Å². The number of amides is 1. The van der Waals surface area contributed by atoms with Gasteiger partial charge in [0.25, 0.3) is 5.91 Å². The number of ether oxygens (including phenoxy) is 1. The number of likely N-dealkylation sites (N-methyl/N-ethyl adjacent to an activating group) is 1. The number of rotatable bonds is 4. The van der Waals surface area contributed by atoms with E-state index in [4.69, 9.17) is 16.3 Å². The highest BCUT2D eigenvalue weighted by Crippen LogP contribution is 2.27. The number of anilines is 1. The molecule has 15 heavy (non-hydrogen) atoms. The van der Waals surface area contributed by atoms with Crippen molar-refractivity contribution >= 4 is 23.2 Å². The van der Waals surface area contributed by atoms with Crippen molar-refractivity contribution < 1.29 is 14.8 Å². The first kappa shape index (κ1) is 11.8. The highest BCUT2D eigenvalue weighted by atomic mass is 35.5. The highest BCUT2D eigenvalue weighted by molar-refractivity contribution is 6.31. The fraction of sp³-hybridized carbons (Fsp3) is 0.300. The molecule has 0 aliphatic carbocycles. The number of carbonyl (C=O) groups is 1. The first-order valence-corrected chi connectivity index (χ1v) is 4.96. The van der Waals surface area contributed by atoms with Crippen molar-refractivity contribution in [2.75, 3.05) is 26.0 Å². The van der Waals surface area contributed by atoms with Crippen LogP contribution in [-0.4, -0.2) is 26.6 Å². The molecule has 0 atom stereocenters. The van der Waals surface area contributed by atoms with Crippen molar-refractivity contribution in [3.8, 4) is 5.75 Å². The SMILES string of the molecule is C[NH2+]CC(=O)Nc1cc(Cl)ccc1OC. The van der Waals surface area contributed by atoms with E-state index in [9.17, 15) is 4.79 Å². The molecule has 4 nitrogen and oxygen atoms in total. The fourth-order valence-corrected chi connectivity index (χ4v) is 1.34. The summed E-state index contributed by atoms with van der Waals surface area (Å²) in [6, 6.07) is 5.09. The van der Waals surface area contributed by atoms with Gasteiger partial charge < -0.3 is 15.4 Å². The molecule has 1 amide bonds. The Morgan fingerprint density at radius 1 is 1.60 bits per heavy atom. The van der Waals surface area contributed by atoms with E-state index >= 15 is 0 Å². The molecule has 1 rings (SSSR count).